The summed E-state index contributed by atoms with van der Waals surface area (Å²) in [6, 6.07) is 0. The van der Waals surface area contributed by atoms with Crippen molar-refractivity contribution in [3.8, 4) is 5.88 Å². The van der Waals surface area contributed by atoms with Gasteiger partial charge in [0.15, 0.2) is 0 Å². The van der Waals surface area contributed by atoms with Crippen molar-refractivity contribution in [1.29, 1.82) is 0 Å². The van der Waals surface area contributed by atoms with Crippen molar-refractivity contribution in [2.45, 2.75) is 0 Å². The molecule has 0 aliphatic heterocycles. The number of nitrogens with zero attached hydrogens (tertiary/aromatic N) is 2. The molecule has 6 heteroatoms. The van der Waals surface area contributed by atoms with Crippen LogP contribution in [0, 0.1) is 0 Å². The van der Waals surface area contributed by atoms with Gasteiger partial charge in [-0.1, -0.05) is 0 Å². The zero-order chi connectivity index (χ0) is 9.14. The number of carbonyl (C=O) groups excluding carboxylic acids is 1. The smallest absolute Gasteiger partial charge is 0.363 e. The van der Waals surface area contributed by atoms with Crippen molar-refractivity contribution in [2.75, 3.05) is 7.11 Å². The molecule has 0 spiro atoms. The lowest BCUT2D eigenvalue weighted by Gasteiger charge is -2.01. The number of methoxy groups -OCH3 is 1. The number of aryl methyl sites for hydroxylation is 1. The summed E-state index contributed by atoms with van der Waals surface area (Å²) in [5.74, 6) is 4.35. The fourth-order valence-electron chi connectivity index (χ4n) is 0.872. The largest absolute Gasteiger partial charge is 0.481 e. The summed E-state index contributed by atoms with van der Waals surface area (Å²) in [6.45, 7) is 0. The SMILES string of the molecule is COc1c(C(=O)ON)cnn1C. The van der Waals surface area contributed by atoms with Gasteiger partial charge in [-0.05, 0) is 0 Å². The molecule has 0 aliphatic rings. The van der Waals surface area contributed by atoms with Crippen molar-refractivity contribution < 1.29 is 14.4 Å². The molecule has 1 heterocycles. The Balaban J connectivity index is 3.07. The maximum Gasteiger partial charge on any atom is 0.363 e. The van der Waals surface area contributed by atoms with Crippen LogP contribution in [0.3, 0.4) is 0 Å². The van der Waals surface area contributed by atoms with E-state index in [2.05, 4.69) is 9.94 Å². The molecule has 0 aromatic carbocycles. The van der Waals surface area contributed by atoms with Gasteiger partial charge in [-0.25, -0.2) is 9.48 Å². The van der Waals surface area contributed by atoms with Crippen LogP contribution in [-0.2, 0) is 11.9 Å². The van der Waals surface area contributed by atoms with Crippen molar-refractivity contribution in [3.63, 3.8) is 0 Å². The third-order valence-corrected chi connectivity index (χ3v) is 1.40. The van der Waals surface area contributed by atoms with Crippen LogP contribution in [0.4, 0.5) is 0 Å². The first kappa shape index (κ1) is 8.54. The van der Waals surface area contributed by atoms with Gasteiger partial charge in [0, 0.05) is 7.05 Å². The van der Waals surface area contributed by atoms with Crippen LogP contribution in [0.5, 0.6) is 5.88 Å². The topological polar surface area (TPSA) is 79.4 Å². The molecule has 0 fully saturated rings. The van der Waals surface area contributed by atoms with Crippen LogP contribution in [0.1, 0.15) is 10.4 Å². The average molecular weight is 171 g/mol. The monoisotopic (exact) mass is 171 g/mol. The van der Waals surface area contributed by atoms with Gasteiger partial charge in [-0.2, -0.15) is 11.0 Å². The van der Waals surface area contributed by atoms with Gasteiger partial charge in [0.1, 0.15) is 5.56 Å². The Kier molecular flexibility index (Phi) is 2.29. The molecule has 0 unspecified atom stereocenters. The van der Waals surface area contributed by atoms with E-state index in [1.807, 2.05) is 0 Å². The van der Waals surface area contributed by atoms with Crippen LogP contribution in [0.15, 0.2) is 6.20 Å². The second-order valence-corrected chi connectivity index (χ2v) is 2.10. The van der Waals surface area contributed by atoms with Crippen LogP contribution in [-0.4, -0.2) is 22.9 Å². The van der Waals surface area contributed by atoms with E-state index in [4.69, 9.17) is 10.6 Å². The maximum absolute atomic E-state index is 10.9. The second-order valence-electron chi connectivity index (χ2n) is 2.10. The summed E-state index contributed by atoms with van der Waals surface area (Å²) in [5.41, 5.74) is 0.211. The summed E-state index contributed by atoms with van der Waals surface area (Å²) in [7, 11) is 3.08. The van der Waals surface area contributed by atoms with E-state index in [1.54, 1.807) is 7.05 Å². The van der Waals surface area contributed by atoms with Gasteiger partial charge < -0.3 is 9.57 Å². The van der Waals surface area contributed by atoms with Crippen LogP contribution in [0.2, 0.25) is 0 Å². The molecular weight excluding hydrogens is 162 g/mol. The predicted molar refractivity (Wildman–Crippen MR) is 39.4 cm³/mol. The van der Waals surface area contributed by atoms with Gasteiger partial charge in [-0.3, -0.25) is 0 Å². The molecule has 1 rings (SSSR count). The summed E-state index contributed by atoms with van der Waals surface area (Å²) >= 11 is 0. The lowest BCUT2D eigenvalue weighted by atomic mass is 10.3. The number of nitrogens with two attached hydrogens (primary N) is 1. The normalized spacial score (nSPS) is 9.58. The second kappa shape index (κ2) is 3.22. The van der Waals surface area contributed by atoms with Gasteiger partial charge in [-0.15, -0.1) is 0 Å². The Hall–Kier alpha value is -1.56. The Bertz CT molecular complexity index is 294. The van der Waals surface area contributed by atoms with E-state index in [-0.39, 0.29) is 5.56 Å². The van der Waals surface area contributed by atoms with E-state index in [9.17, 15) is 4.79 Å². The number of aromatic nitrogens is 2. The summed E-state index contributed by atoms with van der Waals surface area (Å²) in [6.07, 6.45) is 1.33. The minimum absolute atomic E-state index is 0.211. The van der Waals surface area contributed by atoms with Crippen LogP contribution < -0.4 is 10.6 Å². The average Bonchev–Trinajstić information content (AvgIpc) is 2.45. The molecule has 66 valence electrons. The highest BCUT2D eigenvalue weighted by Crippen LogP contribution is 2.16. The quantitative estimate of drug-likeness (QED) is 0.604. The molecule has 0 radical (unpaired) electrons. The third-order valence-electron chi connectivity index (χ3n) is 1.40. The highest BCUT2D eigenvalue weighted by Gasteiger charge is 2.17. The molecular formula is C6H9N3O3. The Morgan fingerprint density at radius 3 is 2.92 bits per heavy atom. The van der Waals surface area contributed by atoms with E-state index >= 15 is 0 Å². The Morgan fingerprint density at radius 1 is 1.75 bits per heavy atom. The minimum atomic E-state index is -0.667. The van der Waals surface area contributed by atoms with Crippen molar-refractivity contribution in [1.82, 2.24) is 9.78 Å². The molecule has 6 nitrogen and oxygen atoms in total. The highest BCUT2D eigenvalue weighted by atomic mass is 16.7. The zero-order valence-electron chi connectivity index (χ0n) is 6.77. The molecule has 1 aromatic heterocycles. The Morgan fingerprint density at radius 2 is 2.42 bits per heavy atom. The minimum Gasteiger partial charge on any atom is -0.481 e. The first-order valence-electron chi connectivity index (χ1n) is 3.17. The number of rotatable bonds is 2. The van der Waals surface area contributed by atoms with E-state index in [0.717, 1.165) is 0 Å². The van der Waals surface area contributed by atoms with Crippen LogP contribution >= 0.6 is 0 Å². The molecule has 0 aliphatic carbocycles. The van der Waals surface area contributed by atoms with Gasteiger partial charge in [0.05, 0.1) is 13.3 Å². The number of hydrogen-bond acceptors (Lipinski definition) is 5. The van der Waals surface area contributed by atoms with E-state index in [0.29, 0.717) is 5.88 Å². The number of ether oxygens (including phenoxy) is 1. The lowest BCUT2D eigenvalue weighted by Crippen LogP contribution is -2.10. The first-order valence-corrected chi connectivity index (χ1v) is 3.17. The van der Waals surface area contributed by atoms with Gasteiger partial charge in [0.25, 0.3) is 0 Å². The lowest BCUT2D eigenvalue weighted by molar-refractivity contribution is 0.0499. The first-order chi connectivity index (χ1) is 5.70. The highest BCUT2D eigenvalue weighted by molar-refractivity contribution is 5.91. The van der Waals surface area contributed by atoms with Crippen molar-refractivity contribution in [3.05, 3.63) is 11.8 Å². The zero-order valence-corrected chi connectivity index (χ0v) is 6.77. The third kappa shape index (κ3) is 1.24. The number of carbonyl (C=O) groups is 1. The standard InChI is InChI=1S/C6H9N3O3/c1-9-5(11-2)4(3-8-9)6(10)12-7/h3H,7H2,1-2H3. The summed E-state index contributed by atoms with van der Waals surface area (Å²) in [4.78, 5) is 14.9. The molecule has 0 bridgehead atoms. The predicted octanol–water partition coefficient (Wildman–Crippen LogP) is -0.541. The summed E-state index contributed by atoms with van der Waals surface area (Å²) in [5, 5.41) is 3.79. The maximum atomic E-state index is 10.9. The fraction of sp³-hybridized carbons (Fsp3) is 0.333. The van der Waals surface area contributed by atoms with E-state index < -0.39 is 5.97 Å². The van der Waals surface area contributed by atoms with Crippen LogP contribution in [0.25, 0.3) is 0 Å². The van der Waals surface area contributed by atoms with Crippen molar-refractivity contribution in [2.24, 2.45) is 12.9 Å². The van der Waals surface area contributed by atoms with E-state index in [1.165, 1.54) is 18.0 Å². The molecule has 2 N–H and O–H groups in total. The van der Waals surface area contributed by atoms with Gasteiger partial charge >= 0.3 is 5.97 Å². The molecule has 1 aromatic rings. The Labute approximate surface area is 68.8 Å². The van der Waals surface area contributed by atoms with Crippen molar-refractivity contribution >= 4 is 5.97 Å². The molecule has 12 heavy (non-hydrogen) atoms. The molecule has 0 saturated carbocycles. The molecule has 0 atom stereocenters. The molecule has 0 amide bonds. The van der Waals surface area contributed by atoms with Gasteiger partial charge in [0.2, 0.25) is 5.88 Å². The number of hydrogen-bond donors (Lipinski definition) is 1. The summed E-state index contributed by atoms with van der Waals surface area (Å²) < 4.78 is 6.29. The molecule has 0 saturated heterocycles. The fourth-order valence-corrected chi connectivity index (χ4v) is 0.872.